The van der Waals surface area contributed by atoms with E-state index >= 15 is 0 Å². The number of nitrogens with one attached hydrogen (secondary N) is 2. The Balaban J connectivity index is 1.80. The van der Waals surface area contributed by atoms with Gasteiger partial charge in [0, 0.05) is 6.20 Å². The van der Waals surface area contributed by atoms with Crippen molar-refractivity contribution in [1.82, 2.24) is 10.2 Å². The number of ether oxygens (including phenoxy) is 1. The molecular weight excluding hydrogens is 272 g/mol. The predicted molar refractivity (Wildman–Crippen MR) is 76.1 cm³/mol. The highest BCUT2D eigenvalue weighted by atomic mass is 16.5. The number of aromatic amines is 1. The Bertz CT molecular complexity index is 669. The zero-order valence-electron chi connectivity index (χ0n) is 11.4. The molecule has 0 spiro atoms. The van der Waals surface area contributed by atoms with Crippen LogP contribution in [0.15, 0.2) is 36.7 Å². The Morgan fingerprint density at radius 1 is 1.48 bits per heavy atom. The Morgan fingerprint density at radius 2 is 2.29 bits per heavy atom. The van der Waals surface area contributed by atoms with Crippen LogP contribution in [0.5, 0.6) is 5.75 Å². The molecule has 2 amide bonds. The maximum absolute atomic E-state index is 12.2. The number of benzene rings is 1. The summed E-state index contributed by atoms with van der Waals surface area (Å²) in [5, 5.41) is 9.02. The van der Waals surface area contributed by atoms with Crippen LogP contribution in [0.4, 0.5) is 11.4 Å². The fourth-order valence-electron chi connectivity index (χ4n) is 2.19. The SMILES string of the molecule is C[C@@H]1Oc2ccccc2N(CC(=O)Nc2cn[nH]c2)C1=O. The molecule has 7 heteroatoms. The van der Waals surface area contributed by atoms with Gasteiger partial charge in [-0.25, -0.2) is 0 Å². The van der Waals surface area contributed by atoms with Crippen LogP contribution in [-0.4, -0.2) is 34.7 Å². The third-order valence-electron chi connectivity index (χ3n) is 3.16. The number of fused-ring (bicyclic) bond motifs is 1. The second-order valence-corrected chi connectivity index (χ2v) is 4.69. The van der Waals surface area contributed by atoms with E-state index in [1.807, 2.05) is 6.07 Å². The summed E-state index contributed by atoms with van der Waals surface area (Å²) < 4.78 is 5.52. The Morgan fingerprint density at radius 3 is 3.05 bits per heavy atom. The highest BCUT2D eigenvalue weighted by Crippen LogP contribution is 2.33. The molecular formula is C14H14N4O3. The number of hydrogen-bond acceptors (Lipinski definition) is 4. The smallest absolute Gasteiger partial charge is 0.268 e. The van der Waals surface area contributed by atoms with Gasteiger partial charge in [0.25, 0.3) is 5.91 Å². The third kappa shape index (κ3) is 2.58. The second kappa shape index (κ2) is 5.28. The van der Waals surface area contributed by atoms with E-state index < -0.39 is 6.10 Å². The zero-order valence-corrected chi connectivity index (χ0v) is 11.4. The molecule has 0 aliphatic carbocycles. The minimum absolute atomic E-state index is 0.0747. The standard InChI is InChI=1S/C14H14N4O3/c1-9-14(20)18(11-4-2-3-5-12(11)21-9)8-13(19)17-10-6-15-16-7-10/h2-7,9H,8H2,1H3,(H,15,16)(H,17,19)/t9-/m0/s1. The molecule has 3 rings (SSSR count). The Labute approximate surface area is 120 Å². The Hall–Kier alpha value is -2.83. The normalized spacial score (nSPS) is 17.1. The molecule has 1 aromatic carbocycles. The molecule has 1 aliphatic rings. The molecule has 1 aliphatic heterocycles. The van der Waals surface area contributed by atoms with Gasteiger partial charge in [0.1, 0.15) is 12.3 Å². The average molecular weight is 286 g/mol. The van der Waals surface area contributed by atoms with Crippen LogP contribution < -0.4 is 15.0 Å². The molecule has 108 valence electrons. The largest absolute Gasteiger partial charge is 0.479 e. The van der Waals surface area contributed by atoms with Crippen LogP contribution in [0, 0.1) is 0 Å². The number of anilines is 2. The minimum Gasteiger partial charge on any atom is -0.479 e. The lowest BCUT2D eigenvalue weighted by Gasteiger charge is -2.32. The van der Waals surface area contributed by atoms with Crippen LogP contribution in [0.25, 0.3) is 0 Å². The fourth-order valence-corrected chi connectivity index (χ4v) is 2.19. The van der Waals surface area contributed by atoms with Gasteiger partial charge in [-0.1, -0.05) is 12.1 Å². The molecule has 1 aromatic heterocycles. The van der Waals surface area contributed by atoms with Gasteiger partial charge < -0.3 is 10.1 Å². The van der Waals surface area contributed by atoms with E-state index in [4.69, 9.17) is 4.74 Å². The highest BCUT2D eigenvalue weighted by Gasteiger charge is 2.32. The molecule has 0 saturated carbocycles. The molecule has 0 saturated heterocycles. The molecule has 2 heterocycles. The summed E-state index contributed by atoms with van der Waals surface area (Å²) >= 11 is 0. The summed E-state index contributed by atoms with van der Waals surface area (Å²) in [5.74, 6) is 0.0606. The summed E-state index contributed by atoms with van der Waals surface area (Å²) in [5.41, 5.74) is 1.16. The summed E-state index contributed by atoms with van der Waals surface area (Å²) in [6, 6.07) is 7.15. The molecule has 0 unspecified atom stereocenters. The van der Waals surface area contributed by atoms with Crippen LogP contribution >= 0.6 is 0 Å². The van der Waals surface area contributed by atoms with Gasteiger partial charge in [-0.3, -0.25) is 19.6 Å². The van der Waals surface area contributed by atoms with Gasteiger partial charge in [0.15, 0.2) is 6.10 Å². The van der Waals surface area contributed by atoms with Gasteiger partial charge >= 0.3 is 0 Å². The third-order valence-corrected chi connectivity index (χ3v) is 3.16. The molecule has 0 bridgehead atoms. The summed E-state index contributed by atoms with van der Waals surface area (Å²) in [4.78, 5) is 25.7. The number of rotatable bonds is 3. The van der Waals surface area contributed by atoms with Gasteiger partial charge in [-0.2, -0.15) is 5.10 Å². The van der Waals surface area contributed by atoms with E-state index in [-0.39, 0.29) is 18.4 Å². The fraction of sp³-hybridized carbons (Fsp3) is 0.214. The molecule has 2 aromatic rings. The Kier molecular flexibility index (Phi) is 3.31. The zero-order chi connectivity index (χ0) is 14.8. The highest BCUT2D eigenvalue weighted by molar-refractivity contribution is 6.06. The second-order valence-electron chi connectivity index (χ2n) is 4.69. The number of H-pyrrole nitrogens is 1. The van der Waals surface area contributed by atoms with Crippen molar-refractivity contribution in [3.8, 4) is 5.75 Å². The summed E-state index contributed by atoms with van der Waals surface area (Å²) in [6.07, 6.45) is 2.45. The molecule has 1 atom stereocenters. The lowest BCUT2D eigenvalue weighted by Crippen LogP contribution is -2.47. The lowest BCUT2D eigenvalue weighted by atomic mass is 10.2. The van der Waals surface area contributed by atoms with E-state index in [0.29, 0.717) is 17.1 Å². The van der Waals surface area contributed by atoms with E-state index in [2.05, 4.69) is 15.5 Å². The number of nitrogens with zero attached hydrogens (tertiary/aromatic N) is 2. The maximum atomic E-state index is 12.2. The molecule has 2 N–H and O–H groups in total. The first-order valence-electron chi connectivity index (χ1n) is 6.51. The van der Waals surface area contributed by atoms with Gasteiger partial charge in [-0.05, 0) is 19.1 Å². The summed E-state index contributed by atoms with van der Waals surface area (Å²) in [7, 11) is 0. The van der Waals surface area contributed by atoms with E-state index in [9.17, 15) is 9.59 Å². The monoisotopic (exact) mass is 286 g/mol. The van der Waals surface area contributed by atoms with Crippen molar-refractivity contribution in [2.24, 2.45) is 0 Å². The van der Waals surface area contributed by atoms with Crippen LogP contribution in [0.3, 0.4) is 0 Å². The van der Waals surface area contributed by atoms with Crippen molar-refractivity contribution in [1.29, 1.82) is 0 Å². The molecule has 0 radical (unpaired) electrons. The first kappa shape index (κ1) is 13.2. The van der Waals surface area contributed by atoms with Crippen LogP contribution in [-0.2, 0) is 9.59 Å². The van der Waals surface area contributed by atoms with Crippen molar-refractivity contribution >= 4 is 23.2 Å². The number of carbonyl (C=O) groups excluding carboxylic acids is 2. The van der Waals surface area contributed by atoms with Crippen molar-refractivity contribution in [2.45, 2.75) is 13.0 Å². The van der Waals surface area contributed by atoms with Crippen LogP contribution in [0.1, 0.15) is 6.92 Å². The van der Waals surface area contributed by atoms with Crippen molar-refractivity contribution in [3.05, 3.63) is 36.7 Å². The molecule has 7 nitrogen and oxygen atoms in total. The van der Waals surface area contributed by atoms with Gasteiger partial charge in [-0.15, -0.1) is 0 Å². The predicted octanol–water partition coefficient (Wildman–Crippen LogP) is 1.16. The van der Waals surface area contributed by atoms with Gasteiger partial charge in [0.2, 0.25) is 5.91 Å². The summed E-state index contributed by atoms with van der Waals surface area (Å²) in [6.45, 7) is 1.59. The van der Waals surface area contributed by atoms with Crippen molar-refractivity contribution in [3.63, 3.8) is 0 Å². The van der Waals surface area contributed by atoms with E-state index in [1.54, 1.807) is 31.3 Å². The lowest BCUT2D eigenvalue weighted by molar-refractivity contribution is -0.127. The van der Waals surface area contributed by atoms with Crippen LogP contribution in [0.2, 0.25) is 0 Å². The van der Waals surface area contributed by atoms with E-state index in [1.165, 1.54) is 11.1 Å². The minimum atomic E-state index is -0.610. The quantitative estimate of drug-likeness (QED) is 0.886. The topological polar surface area (TPSA) is 87.3 Å². The van der Waals surface area contributed by atoms with E-state index in [0.717, 1.165) is 0 Å². The number of amides is 2. The van der Waals surface area contributed by atoms with Gasteiger partial charge in [0.05, 0.1) is 17.6 Å². The number of carbonyl (C=O) groups is 2. The maximum Gasteiger partial charge on any atom is 0.268 e. The number of hydrogen-bond donors (Lipinski definition) is 2. The number of aromatic nitrogens is 2. The molecule has 21 heavy (non-hydrogen) atoms. The average Bonchev–Trinajstić information content (AvgIpc) is 2.96. The first-order valence-corrected chi connectivity index (χ1v) is 6.51. The number of para-hydroxylation sites is 2. The van der Waals surface area contributed by atoms with Crippen molar-refractivity contribution < 1.29 is 14.3 Å². The first-order chi connectivity index (χ1) is 10.1. The molecule has 0 fully saturated rings. The van der Waals surface area contributed by atoms with Crippen molar-refractivity contribution in [2.75, 3.05) is 16.8 Å².